The number of para-hydroxylation sites is 1. The second kappa shape index (κ2) is 5.98. The number of benzene rings is 1. The van der Waals surface area contributed by atoms with Gasteiger partial charge in [0.15, 0.2) is 5.25 Å². The van der Waals surface area contributed by atoms with Crippen molar-refractivity contribution in [2.45, 2.75) is 12.2 Å². The lowest BCUT2D eigenvalue weighted by molar-refractivity contribution is -0.127. The van der Waals surface area contributed by atoms with E-state index < -0.39 is 21.2 Å². The van der Waals surface area contributed by atoms with Gasteiger partial charge in [-0.3, -0.25) is 9.52 Å². The molecule has 1 unspecified atom stereocenters. The minimum Gasteiger partial charge on any atom is -0.348 e. The predicted octanol–water partition coefficient (Wildman–Crippen LogP) is 2.21. The SMILES string of the molecule is CC(C(=O)N(C)C)S(=O)(=O)Nc1c(Cl)cccc1Cl. The van der Waals surface area contributed by atoms with Crippen LogP contribution in [0.4, 0.5) is 5.69 Å². The number of rotatable bonds is 4. The van der Waals surface area contributed by atoms with Gasteiger partial charge in [-0.15, -0.1) is 0 Å². The molecule has 0 aliphatic heterocycles. The highest BCUT2D eigenvalue weighted by atomic mass is 35.5. The molecule has 0 bridgehead atoms. The fraction of sp³-hybridized carbons (Fsp3) is 0.364. The molecule has 0 fully saturated rings. The number of hydrogen-bond donors (Lipinski definition) is 1. The Bertz CT molecular complexity index is 567. The number of halogens is 2. The topological polar surface area (TPSA) is 66.5 Å². The zero-order valence-electron chi connectivity index (χ0n) is 10.6. The van der Waals surface area contributed by atoms with Crippen molar-refractivity contribution in [2.24, 2.45) is 0 Å². The highest BCUT2D eigenvalue weighted by Gasteiger charge is 2.30. The summed E-state index contributed by atoms with van der Waals surface area (Å²) in [6.45, 7) is 1.30. The summed E-state index contributed by atoms with van der Waals surface area (Å²) in [5, 5.41) is -0.906. The van der Waals surface area contributed by atoms with Crippen molar-refractivity contribution in [1.82, 2.24) is 4.90 Å². The van der Waals surface area contributed by atoms with Gasteiger partial charge in [0.1, 0.15) is 0 Å². The molecule has 1 N–H and O–H groups in total. The minimum atomic E-state index is -3.91. The monoisotopic (exact) mass is 324 g/mol. The molecule has 0 saturated heterocycles. The molecule has 1 aromatic rings. The van der Waals surface area contributed by atoms with Crippen LogP contribution in [0, 0.1) is 0 Å². The zero-order chi connectivity index (χ0) is 14.8. The molecule has 1 amide bonds. The van der Waals surface area contributed by atoms with Crippen LogP contribution in [0.25, 0.3) is 0 Å². The van der Waals surface area contributed by atoms with Crippen LogP contribution in [0.1, 0.15) is 6.92 Å². The van der Waals surface area contributed by atoms with Crippen LogP contribution in [0.15, 0.2) is 18.2 Å². The number of nitrogens with one attached hydrogen (secondary N) is 1. The molecule has 0 aliphatic carbocycles. The van der Waals surface area contributed by atoms with Crippen LogP contribution >= 0.6 is 23.2 Å². The number of hydrogen-bond acceptors (Lipinski definition) is 3. The number of nitrogens with zero attached hydrogens (tertiary/aromatic N) is 1. The molecular weight excluding hydrogens is 311 g/mol. The van der Waals surface area contributed by atoms with Crippen LogP contribution in [0.3, 0.4) is 0 Å². The summed E-state index contributed by atoms with van der Waals surface area (Å²) in [6, 6.07) is 4.60. The molecule has 0 radical (unpaired) electrons. The zero-order valence-corrected chi connectivity index (χ0v) is 13.0. The molecule has 0 aromatic heterocycles. The quantitative estimate of drug-likeness (QED) is 0.923. The Hall–Kier alpha value is -0.980. The van der Waals surface area contributed by atoms with Crippen LogP contribution in [0.2, 0.25) is 10.0 Å². The maximum absolute atomic E-state index is 12.1. The van der Waals surface area contributed by atoms with Crippen LogP contribution < -0.4 is 4.72 Å². The summed E-state index contributed by atoms with van der Waals surface area (Å²) in [5.74, 6) is -0.532. The third-order valence-corrected chi connectivity index (χ3v) is 4.71. The normalized spacial score (nSPS) is 12.9. The molecule has 1 atom stereocenters. The van der Waals surface area contributed by atoms with Crippen molar-refractivity contribution >= 4 is 44.8 Å². The Morgan fingerprint density at radius 1 is 1.26 bits per heavy atom. The number of amides is 1. The van der Waals surface area contributed by atoms with Gasteiger partial charge in [-0.2, -0.15) is 0 Å². The highest BCUT2D eigenvalue weighted by molar-refractivity contribution is 7.94. The number of sulfonamides is 1. The van der Waals surface area contributed by atoms with Gasteiger partial charge in [-0.25, -0.2) is 8.42 Å². The minimum absolute atomic E-state index is 0.0734. The van der Waals surface area contributed by atoms with Gasteiger partial charge in [0.25, 0.3) is 0 Å². The lowest BCUT2D eigenvalue weighted by Gasteiger charge is -2.19. The van der Waals surface area contributed by atoms with Crippen LogP contribution in [-0.4, -0.2) is 38.6 Å². The number of carbonyl (C=O) groups excluding carboxylic acids is 1. The third kappa shape index (κ3) is 3.75. The summed E-state index contributed by atoms with van der Waals surface area (Å²) in [7, 11) is -0.947. The molecule has 106 valence electrons. The van der Waals surface area contributed by atoms with Crippen LogP contribution in [-0.2, 0) is 14.8 Å². The van der Waals surface area contributed by atoms with Crippen molar-refractivity contribution in [3.8, 4) is 0 Å². The molecule has 8 heteroatoms. The van der Waals surface area contributed by atoms with Gasteiger partial charge in [0.2, 0.25) is 15.9 Å². The lowest BCUT2D eigenvalue weighted by Crippen LogP contribution is -2.39. The molecule has 0 heterocycles. The molecule has 1 rings (SSSR count). The maximum Gasteiger partial charge on any atom is 0.244 e. The smallest absolute Gasteiger partial charge is 0.244 e. The summed E-state index contributed by atoms with van der Waals surface area (Å²) in [6.07, 6.45) is 0. The van der Waals surface area contributed by atoms with Gasteiger partial charge in [-0.1, -0.05) is 29.3 Å². The average Bonchev–Trinajstić information content (AvgIpc) is 2.32. The number of anilines is 1. The first kappa shape index (κ1) is 16.1. The van der Waals surface area contributed by atoms with Gasteiger partial charge in [0.05, 0.1) is 15.7 Å². The van der Waals surface area contributed by atoms with E-state index in [0.29, 0.717) is 0 Å². The van der Waals surface area contributed by atoms with Gasteiger partial charge in [0, 0.05) is 14.1 Å². The van der Waals surface area contributed by atoms with E-state index in [0.717, 1.165) is 0 Å². The lowest BCUT2D eigenvalue weighted by atomic mass is 10.3. The third-order valence-electron chi connectivity index (χ3n) is 2.46. The van der Waals surface area contributed by atoms with Crippen molar-refractivity contribution in [1.29, 1.82) is 0 Å². The van der Waals surface area contributed by atoms with E-state index in [4.69, 9.17) is 23.2 Å². The molecule has 5 nitrogen and oxygen atoms in total. The molecule has 19 heavy (non-hydrogen) atoms. The first-order valence-electron chi connectivity index (χ1n) is 5.33. The predicted molar refractivity (Wildman–Crippen MR) is 77.2 cm³/mol. The summed E-state index contributed by atoms with van der Waals surface area (Å²) < 4.78 is 26.4. The Morgan fingerprint density at radius 3 is 2.16 bits per heavy atom. The standard InChI is InChI=1S/C11H14Cl2N2O3S/c1-7(11(16)15(2)3)19(17,18)14-10-8(12)5-4-6-9(10)13/h4-7,14H,1-3H3. The molecule has 0 spiro atoms. The van der Waals surface area contributed by atoms with Gasteiger partial charge >= 0.3 is 0 Å². The summed E-state index contributed by atoms with van der Waals surface area (Å²) in [5.41, 5.74) is 0.0734. The van der Waals surface area contributed by atoms with Crippen molar-refractivity contribution < 1.29 is 13.2 Å². The summed E-state index contributed by atoms with van der Waals surface area (Å²) >= 11 is 11.8. The van der Waals surface area contributed by atoms with Crippen LogP contribution in [0.5, 0.6) is 0 Å². The maximum atomic E-state index is 12.1. The Morgan fingerprint density at radius 2 is 1.74 bits per heavy atom. The van der Waals surface area contributed by atoms with E-state index in [-0.39, 0.29) is 15.7 Å². The van der Waals surface area contributed by atoms with E-state index >= 15 is 0 Å². The van der Waals surface area contributed by atoms with E-state index in [1.807, 2.05) is 0 Å². The van der Waals surface area contributed by atoms with Crippen molar-refractivity contribution in [3.63, 3.8) is 0 Å². The molecular formula is C11H14Cl2N2O3S. The molecule has 0 saturated carbocycles. The Labute approximate surface area is 122 Å². The Balaban J connectivity index is 3.07. The first-order valence-corrected chi connectivity index (χ1v) is 7.64. The van der Waals surface area contributed by atoms with Gasteiger partial charge < -0.3 is 4.90 Å². The van der Waals surface area contributed by atoms with Gasteiger partial charge in [-0.05, 0) is 19.1 Å². The fourth-order valence-electron chi connectivity index (χ4n) is 1.32. The fourth-order valence-corrected chi connectivity index (χ4v) is 3.08. The second-order valence-corrected chi connectivity index (χ2v) is 6.93. The van der Waals surface area contributed by atoms with E-state index in [1.54, 1.807) is 6.07 Å². The average molecular weight is 325 g/mol. The number of carbonyl (C=O) groups is 1. The van der Waals surface area contributed by atoms with Crippen molar-refractivity contribution in [2.75, 3.05) is 18.8 Å². The first-order chi connectivity index (χ1) is 8.66. The van der Waals surface area contributed by atoms with Crippen molar-refractivity contribution in [3.05, 3.63) is 28.2 Å². The Kier molecular flexibility index (Phi) is 5.06. The highest BCUT2D eigenvalue weighted by Crippen LogP contribution is 2.31. The second-order valence-electron chi connectivity index (χ2n) is 4.12. The largest absolute Gasteiger partial charge is 0.348 e. The molecule has 0 aliphatic rings. The molecule has 1 aromatic carbocycles. The van der Waals surface area contributed by atoms with E-state index in [2.05, 4.69) is 4.72 Å². The summed E-state index contributed by atoms with van der Waals surface area (Å²) in [4.78, 5) is 12.9. The van der Waals surface area contributed by atoms with E-state index in [1.165, 1.54) is 38.1 Å². The van der Waals surface area contributed by atoms with E-state index in [9.17, 15) is 13.2 Å².